The summed E-state index contributed by atoms with van der Waals surface area (Å²) in [4.78, 5) is 15.1. The second kappa shape index (κ2) is 7.73. The smallest absolute Gasteiger partial charge is 0.230 e. The van der Waals surface area contributed by atoms with Crippen molar-refractivity contribution >= 4 is 5.91 Å². The third kappa shape index (κ3) is 3.67. The molecule has 1 aliphatic rings. The first kappa shape index (κ1) is 16.9. The quantitative estimate of drug-likeness (QED) is 0.839. The van der Waals surface area contributed by atoms with Crippen LogP contribution >= 0.6 is 0 Å². The molecule has 0 bridgehead atoms. The number of nitrogens with one attached hydrogen (secondary N) is 1. The standard InChI is InChI=1S/C18H27FN2O/c1-3-21(4-2)13-12-20-17(22)18(10-5-6-11-18)15-8-7-9-16(19)14-15/h7-9,14H,3-6,10-13H2,1-2H3,(H,20,22). The van der Waals surface area contributed by atoms with Crippen LogP contribution in [0.25, 0.3) is 0 Å². The summed E-state index contributed by atoms with van der Waals surface area (Å²) in [7, 11) is 0. The zero-order valence-corrected chi connectivity index (χ0v) is 13.7. The van der Waals surface area contributed by atoms with E-state index in [1.54, 1.807) is 6.07 Å². The van der Waals surface area contributed by atoms with Crippen molar-refractivity contribution in [1.29, 1.82) is 0 Å². The number of hydrogen-bond donors (Lipinski definition) is 1. The largest absolute Gasteiger partial charge is 0.354 e. The maximum Gasteiger partial charge on any atom is 0.230 e. The number of amides is 1. The lowest BCUT2D eigenvalue weighted by atomic mass is 9.78. The fourth-order valence-corrected chi connectivity index (χ4v) is 3.45. The first-order valence-corrected chi connectivity index (χ1v) is 8.39. The molecule has 1 N–H and O–H groups in total. The second-order valence-corrected chi connectivity index (χ2v) is 6.08. The van der Waals surface area contributed by atoms with E-state index in [1.807, 2.05) is 6.07 Å². The Kier molecular flexibility index (Phi) is 5.95. The van der Waals surface area contributed by atoms with Gasteiger partial charge in [-0.2, -0.15) is 0 Å². The minimum atomic E-state index is -0.536. The third-order valence-electron chi connectivity index (χ3n) is 4.88. The molecule has 3 nitrogen and oxygen atoms in total. The number of rotatable bonds is 7. The maximum absolute atomic E-state index is 13.6. The first-order valence-electron chi connectivity index (χ1n) is 8.39. The Bertz CT molecular complexity index is 494. The molecule has 1 aromatic rings. The highest BCUT2D eigenvalue weighted by atomic mass is 19.1. The van der Waals surface area contributed by atoms with Gasteiger partial charge in [0.05, 0.1) is 5.41 Å². The average molecular weight is 306 g/mol. The summed E-state index contributed by atoms with van der Waals surface area (Å²) in [6.45, 7) is 7.73. The first-order chi connectivity index (χ1) is 10.6. The van der Waals surface area contributed by atoms with Crippen molar-refractivity contribution in [2.24, 2.45) is 0 Å². The van der Waals surface area contributed by atoms with E-state index < -0.39 is 5.41 Å². The van der Waals surface area contributed by atoms with E-state index in [9.17, 15) is 9.18 Å². The van der Waals surface area contributed by atoms with Gasteiger partial charge in [0.1, 0.15) is 5.82 Å². The van der Waals surface area contributed by atoms with Gasteiger partial charge in [-0.25, -0.2) is 4.39 Å². The van der Waals surface area contributed by atoms with E-state index in [-0.39, 0.29) is 11.7 Å². The van der Waals surface area contributed by atoms with Crippen LogP contribution in [0.15, 0.2) is 24.3 Å². The van der Waals surface area contributed by atoms with Gasteiger partial charge in [-0.05, 0) is 43.6 Å². The molecule has 4 heteroatoms. The molecule has 0 heterocycles. The Hall–Kier alpha value is -1.42. The number of halogens is 1. The molecule has 1 aliphatic carbocycles. The van der Waals surface area contributed by atoms with E-state index in [4.69, 9.17) is 0 Å². The Balaban J connectivity index is 2.06. The van der Waals surface area contributed by atoms with Gasteiger partial charge in [0.25, 0.3) is 0 Å². The van der Waals surface area contributed by atoms with Gasteiger partial charge in [0.15, 0.2) is 0 Å². The molecule has 2 rings (SSSR count). The molecule has 0 aliphatic heterocycles. The predicted octanol–water partition coefficient (Wildman–Crippen LogP) is 3.10. The lowest BCUT2D eigenvalue weighted by molar-refractivity contribution is -0.126. The summed E-state index contributed by atoms with van der Waals surface area (Å²) < 4.78 is 13.6. The summed E-state index contributed by atoms with van der Waals surface area (Å²) in [5.74, 6) is -0.206. The molecule has 0 saturated heterocycles. The lowest BCUT2D eigenvalue weighted by Gasteiger charge is -2.29. The highest BCUT2D eigenvalue weighted by molar-refractivity contribution is 5.88. The lowest BCUT2D eigenvalue weighted by Crippen LogP contribution is -2.45. The van der Waals surface area contributed by atoms with E-state index in [0.717, 1.165) is 50.9 Å². The van der Waals surface area contributed by atoms with Crippen LogP contribution in [0.3, 0.4) is 0 Å². The Morgan fingerprint density at radius 2 is 1.95 bits per heavy atom. The minimum absolute atomic E-state index is 0.0581. The summed E-state index contributed by atoms with van der Waals surface area (Å²) in [5.41, 5.74) is 0.288. The minimum Gasteiger partial charge on any atom is -0.354 e. The van der Waals surface area contributed by atoms with Crippen molar-refractivity contribution in [2.75, 3.05) is 26.2 Å². The van der Waals surface area contributed by atoms with Crippen LogP contribution in [0.5, 0.6) is 0 Å². The van der Waals surface area contributed by atoms with Crippen LogP contribution in [0.4, 0.5) is 4.39 Å². The Labute approximate surface area is 132 Å². The van der Waals surface area contributed by atoms with Crippen LogP contribution in [0.2, 0.25) is 0 Å². The number of nitrogens with zero attached hydrogens (tertiary/aromatic N) is 1. The summed E-state index contributed by atoms with van der Waals surface area (Å²) in [5, 5.41) is 3.08. The van der Waals surface area contributed by atoms with E-state index in [2.05, 4.69) is 24.1 Å². The molecule has 0 atom stereocenters. The van der Waals surface area contributed by atoms with E-state index >= 15 is 0 Å². The molecule has 1 amide bonds. The fraction of sp³-hybridized carbons (Fsp3) is 0.611. The van der Waals surface area contributed by atoms with Gasteiger partial charge in [-0.15, -0.1) is 0 Å². The average Bonchev–Trinajstić information content (AvgIpc) is 3.02. The van der Waals surface area contributed by atoms with Gasteiger partial charge in [0.2, 0.25) is 5.91 Å². The molecule has 1 saturated carbocycles. The van der Waals surface area contributed by atoms with Crippen molar-refractivity contribution in [3.63, 3.8) is 0 Å². The van der Waals surface area contributed by atoms with Crippen LogP contribution in [0.1, 0.15) is 45.1 Å². The summed E-state index contributed by atoms with van der Waals surface area (Å²) in [6, 6.07) is 6.55. The fourth-order valence-electron chi connectivity index (χ4n) is 3.45. The van der Waals surface area contributed by atoms with Gasteiger partial charge >= 0.3 is 0 Å². The number of carbonyl (C=O) groups is 1. The van der Waals surface area contributed by atoms with Gasteiger partial charge in [-0.1, -0.05) is 38.8 Å². The zero-order valence-electron chi connectivity index (χ0n) is 13.7. The predicted molar refractivity (Wildman–Crippen MR) is 87.3 cm³/mol. The van der Waals surface area contributed by atoms with Gasteiger partial charge in [0, 0.05) is 13.1 Å². The summed E-state index contributed by atoms with van der Waals surface area (Å²) in [6.07, 6.45) is 3.68. The molecule has 0 unspecified atom stereocenters. The normalized spacial score (nSPS) is 16.9. The van der Waals surface area contributed by atoms with E-state index in [1.165, 1.54) is 12.1 Å². The highest BCUT2D eigenvalue weighted by Crippen LogP contribution is 2.41. The molecule has 1 aromatic carbocycles. The number of hydrogen-bond acceptors (Lipinski definition) is 2. The number of likely N-dealkylation sites (N-methyl/N-ethyl adjacent to an activating group) is 1. The van der Waals surface area contributed by atoms with Crippen molar-refractivity contribution < 1.29 is 9.18 Å². The molecule has 0 spiro atoms. The molecular weight excluding hydrogens is 279 g/mol. The van der Waals surface area contributed by atoms with Crippen LogP contribution in [-0.2, 0) is 10.2 Å². The van der Waals surface area contributed by atoms with Crippen molar-refractivity contribution in [1.82, 2.24) is 10.2 Å². The Morgan fingerprint density at radius 1 is 1.27 bits per heavy atom. The van der Waals surface area contributed by atoms with Crippen LogP contribution < -0.4 is 5.32 Å². The number of benzene rings is 1. The monoisotopic (exact) mass is 306 g/mol. The zero-order chi connectivity index (χ0) is 16.0. The molecule has 1 fully saturated rings. The highest BCUT2D eigenvalue weighted by Gasteiger charge is 2.42. The van der Waals surface area contributed by atoms with Crippen LogP contribution in [0, 0.1) is 5.82 Å². The van der Waals surface area contributed by atoms with Gasteiger partial charge < -0.3 is 10.2 Å². The SMILES string of the molecule is CCN(CC)CCNC(=O)C1(c2cccc(F)c2)CCCC1. The van der Waals surface area contributed by atoms with Gasteiger partial charge in [-0.3, -0.25) is 4.79 Å². The third-order valence-corrected chi connectivity index (χ3v) is 4.88. The topological polar surface area (TPSA) is 32.3 Å². The van der Waals surface area contributed by atoms with E-state index in [0.29, 0.717) is 6.54 Å². The molecule has 22 heavy (non-hydrogen) atoms. The Morgan fingerprint density at radius 3 is 2.55 bits per heavy atom. The molecule has 0 radical (unpaired) electrons. The van der Waals surface area contributed by atoms with Crippen molar-refractivity contribution in [2.45, 2.75) is 44.9 Å². The molecular formula is C18H27FN2O. The maximum atomic E-state index is 13.6. The molecule has 122 valence electrons. The van der Waals surface area contributed by atoms with Crippen LogP contribution in [-0.4, -0.2) is 37.0 Å². The van der Waals surface area contributed by atoms with Crippen molar-refractivity contribution in [3.8, 4) is 0 Å². The molecule has 0 aromatic heterocycles. The number of carbonyl (C=O) groups excluding carboxylic acids is 1. The second-order valence-electron chi connectivity index (χ2n) is 6.08. The summed E-state index contributed by atoms with van der Waals surface area (Å²) >= 11 is 0. The van der Waals surface area contributed by atoms with Crippen molar-refractivity contribution in [3.05, 3.63) is 35.6 Å².